The number of hydrogen-bond donors (Lipinski definition) is 1. The molecule has 0 saturated carbocycles. The highest BCUT2D eigenvalue weighted by atomic mass is 35.5. The third-order valence-corrected chi connectivity index (χ3v) is 4.00. The Balaban J connectivity index is 2.02. The maximum atomic E-state index is 12.1. The van der Waals surface area contributed by atoms with Crippen LogP contribution in [-0.2, 0) is 10.3 Å². The predicted molar refractivity (Wildman–Crippen MR) is 90.2 cm³/mol. The highest BCUT2D eigenvalue weighted by Gasteiger charge is 2.20. The van der Waals surface area contributed by atoms with Crippen LogP contribution >= 0.6 is 23.4 Å². The summed E-state index contributed by atoms with van der Waals surface area (Å²) in [5.41, 5.74) is 0.277. The van der Waals surface area contributed by atoms with Gasteiger partial charge in [0.1, 0.15) is 5.75 Å². The van der Waals surface area contributed by atoms with Gasteiger partial charge in [0.15, 0.2) is 0 Å². The van der Waals surface area contributed by atoms with Crippen LogP contribution in [0.1, 0.15) is 20.8 Å². The molecule has 1 aromatic heterocycles. The average Bonchev–Trinajstić information content (AvgIpc) is 2.94. The molecule has 0 aliphatic carbocycles. The Labute approximate surface area is 143 Å². The van der Waals surface area contributed by atoms with E-state index in [0.717, 1.165) is 0 Å². The first kappa shape index (κ1) is 17.6. The van der Waals surface area contributed by atoms with E-state index in [1.807, 2.05) is 20.8 Å². The molecular formula is C14H18ClN5O2S. The molecule has 0 fully saturated rings. The van der Waals surface area contributed by atoms with Gasteiger partial charge in [0.05, 0.1) is 24.1 Å². The van der Waals surface area contributed by atoms with E-state index in [9.17, 15) is 4.79 Å². The van der Waals surface area contributed by atoms with E-state index >= 15 is 0 Å². The Hall–Kier alpha value is -1.80. The summed E-state index contributed by atoms with van der Waals surface area (Å²) in [6.07, 6.45) is 0. The van der Waals surface area contributed by atoms with Crippen molar-refractivity contribution in [1.82, 2.24) is 20.2 Å². The van der Waals surface area contributed by atoms with Gasteiger partial charge in [-0.3, -0.25) is 4.79 Å². The van der Waals surface area contributed by atoms with Crippen LogP contribution < -0.4 is 10.1 Å². The molecule has 0 aliphatic heterocycles. The van der Waals surface area contributed by atoms with E-state index in [2.05, 4.69) is 20.8 Å². The Morgan fingerprint density at radius 3 is 2.83 bits per heavy atom. The molecule has 1 N–H and O–H groups in total. The highest BCUT2D eigenvalue weighted by Crippen LogP contribution is 2.28. The van der Waals surface area contributed by atoms with Gasteiger partial charge in [-0.1, -0.05) is 23.4 Å². The van der Waals surface area contributed by atoms with Crippen molar-refractivity contribution in [2.75, 3.05) is 18.2 Å². The van der Waals surface area contributed by atoms with Crippen LogP contribution in [0.4, 0.5) is 5.69 Å². The molecule has 0 bridgehead atoms. The largest absolute Gasteiger partial charge is 0.495 e. The second kappa shape index (κ2) is 7.18. The number of rotatable bonds is 5. The lowest BCUT2D eigenvalue weighted by molar-refractivity contribution is -0.113. The van der Waals surface area contributed by atoms with E-state index in [0.29, 0.717) is 21.6 Å². The Morgan fingerprint density at radius 1 is 1.43 bits per heavy atom. The summed E-state index contributed by atoms with van der Waals surface area (Å²) in [5.74, 6) is 0.526. The minimum absolute atomic E-state index is 0.173. The van der Waals surface area contributed by atoms with Gasteiger partial charge in [0.2, 0.25) is 11.1 Å². The smallest absolute Gasteiger partial charge is 0.234 e. The number of halogens is 1. The van der Waals surface area contributed by atoms with Crippen LogP contribution in [0.5, 0.6) is 5.75 Å². The standard InChI is InChI=1S/C14H18ClN5O2S/c1-14(2,3)20-13(17-18-19-20)23-8-12(21)16-10-7-9(15)5-6-11(10)22-4/h5-7H,8H2,1-4H3,(H,16,21). The monoisotopic (exact) mass is 355 g/mol. The summed E-state index contributed by atoms with van der Waals surface area (Å²) >= 11 is 7.21. The number of hydrogen-bond acceptors (Lipinski definition) is 6. The van der Waals surface area contributed by atoms with Crippen molar-refractivity contribution < 1.29 is 9.53 Å². The number of amides is 1. The molecule has 2 rings (SSSR count). The second-order valence-corrected chi connectivity index (χ2v) is 7.10. The van der Waals surface area contributed by atoms with E-state index in [1.54, 1.807) is 22.9 Å². The first-order valence-electron chi connectivity index (χ1n) is 6.86. The molecule has 1 heterocycles. The van der Waals surface area contributed by atoms with Gasteiger partial charge in [0, 0.05) is 5.02 Å². The lowest BCUT2D eigenvalue weighted by Gasteiger charge is -2.19. The van der Waals surface area contributed by atoms with Crippen LogP contribution in [0.3, 0.4) is 0 Å². The minimum atomic E-state index is -0.252. The second-order valence-electron chi connectivity index (χ2n) is 5.73. The number of thioether (sulfide) groups is 1. The molecule has 23 heavy (non-hydrogen) atoms. The molecule has 9 heteroatoms. The van der Waals surface area contributed by atoms with Crippen LogP contribution in [0.25, 0.3) is 0 Å². The summed E-state index contributed by atoms with van der Waals surface area (Å²) in [7, 11) is 1.53. The van der Waals surface area contributed by atoms with Gasteiger partial charge in [-0.05, 0) is 49.4 Å². The molecule has 0 unspecified atom stereocenters. The van der Waals surface area contributed by atoms with Crippen molar-refractivity contribution in [3.05, 3.63) is 23.2 Å². The Kier molecular flexibility index (Phi) is 5.48. The molecule has 0 radical (unpaired) electrons. The first-order valence-corrected chi connectivity index (χ1v) is 8.22. The number of ether oxygens (including phenoxy) is 1. The first-order chi connectivity index (χ1) is 10.8. The molecule has 124 valence electrons. The maximum Gasteiger partial charge on any atom is 0.234 e. The lowest BCUT2D eigenvalue weighted by atomic mass is 10.1. The summed E-state index contributed by atoms with van der Waals surface area (Å²) < 4.78 is 6.88. The van der Waals surface area contributed by atoms with E-state index < -0.39 is 0 Å². The number of carbonyl (C=O) groups is 1. The lowest BCUT2D eigenvalue weighted by Crippen LogP contribution is -2.24. The number of nitrogens with one attached hydrogen (secondary N) is 1. The predicted octanol–water partition coefficient (Wildman–Crippen LogP) is 2.82. The van der Waals surface area contributed by atoms with Crippen molar-refractivity contribution in [3.63, 3.8) is 0 Å². The number of methoxy groups -OCH3 is 1. The molecule has 0 atom stereocenters. The van der Waals surface area contributed by atoms with Crippen LogP contribution in [0.15, 0.2) is 23.4 Å². The van der Waals surface area contributed by atoms with E-state index in [-0.39, 0.29) is 17.2 Å². The zero-order chi connectivity index (χ0) is 17.0. The summed E-state index contributed by atoms with van der Waals surface area (Å²) in [4.78, 5) is 12.1. The van der Waals surface area contributed by atoms with Crippen molar-refractivity contribution in [2.45, 2.75) is 31.5 Å². The van der Waals surface area contributed by atoms with Gasteiger partial charge in [0.25, 0.3) is 0 Å². The number of carbonyl (C=O) groups excluding carboxylic acids is 1. The normalized spacial score (nSPS) is 11.3. The average molecular weight is 356 g/mol. The third kappa shape index (κ3) is 4.59. The zero-order valence-electron chi connectivity index (χ0n) is 13.3. The van der Waals surface area contributed by atoms with Crippen molar-refractivity contribution in [1.29, 1.82) is 0 Å². The maximum absolute atomic E-state index is 12.1. The summed E-state index contributed by atoms with van der Waals surface area (Å²) in [6, 6.07) is 5.04. The fourth-order valence-electron chi connectivity index (χ4n) is 1.78. The SMILES string of the molecule is COc1ccc(Cl)cc1NC(=O)CSc1nnnn1C(C)(C)C. The van der Waals surface area contributed by atoms with Crippen LogP contribution in [0, 0.1) is 0 Å². The van der Waals surface area contributed by atoms with Gasteiger partial charge in [-0.2, -0.15) is 0 Å². The van der Waals surface area contributed by atoms with Crippen molar-refractivity contribution >= 4 is 35.0 Å². The van der Waals surface area contributed by atoms with Gasteiger partial charge in [-0.25, -0.2) is 4.68 Å². The highest BCUT2D eigenvalue weighted by molar-refractivity contribution is 7.99. The number of benzene rings is 1. The van der Waals surface area contributed by atoms with Crippen molar-refractivity contribution in [2.24, 2.45) is 0 Å². The van der Waals surface area contributed by atoms with E-state index in [1.165, 1.54) is 18.9 Å². The molecule has 0 saturated heterocycles. The molecular weight excluding hydrogens is 338 g/mol. The summed E-state index contributed by atoms with van der Waals surface area (Å²) in [5, 5.41) is 15.4. The molecule has 2 aromatic rings. The number of tetrazole rings is 1. The van der Waals surface area contributed by atoms with Crippen molar-refractivity contribution in [3.8, 4) is 5.75 Å². The number of aromatic nitrogens is 4. The third-order valence-electron chi connectivity index (χ3n) is 2.84. The molecule has 7 nitrogen and oxygen atoms in total. The molecule has 1 amide bonds. The van der Waals surface area contributed by atoms with E-state index in [4.69, 9.17) is 16.3 Å². The quantitative estimate of drug-likeness (QED) is 0.830. The molecule has 0 spiro atoms. The number of anilines is 1. The van der Waals surface area contributed by atoms with Gasteiger partial charge in [-0.15, -0.1) is 5.10 Å². The molecule has 0 aliphatic rings. The Morgan fingerprint density at radius 2 is 2.17 bits per heavy atom. The fourth-order valence-corrected chi connectivity index (χ4v) is 2.82. The summed E-state index contributed by atoms with van der Waals surface area (Å²) in [6.45, 7) is 5.97. The van der Waals surface area contributed by atoms with Crippen LogP contribution in [-0.4, -0.2) is 39.0 Å². The Bertz CT molecular complexity index is 699. The van der Waals surface area contributed by atoms with Gasteiger partial charge >= 0.3 is 0 Å². The molecule has 1 aromatic carbocycles. The topological polar surface area (TPSA) is 81.9 Å². The number of nitrogens with zero attached hydrogens (tertiary/aromatic N) is 4. The fraction of sp³-hybridized carbons (Fsp3) is 0.429. The minimum Gasteiger partial charge on any atom is -0.495 e. The zero-order valence-corrected chi connectivity index (χ0v) is 14.9. The van der Waals surface area contributed by atoms with Crippen LogP contribution in [0.2, 0.25) is 5.02 Å². The van der Waals surface area contributed by atoms with Gasteiger partial charge < -0.3 is 10.1 Å².